The summed E-state index contributed by atoms with van der Waals surface area (Å²) >= 11 is 0. The Bertz CT molecular complexity index is 700. The molecule has 0 saturated carbocycles. The van der Waals surface area contributed by atoms with E-state index in [4.69, 9.17) is 0 Å². The van der Waals surface area contributed by atoms with Crippen molar-refractivity contribution in [3.8, 4) is 0 Å². The Morgan fingerprint density at radius 3 is 1.54 bits per heavy atom. The van der Waals surface area contributed by atoms with Crippen molar-refractivity contribution in [2.24, 2.45) is 0 Å². The molecule has 6 nitrogen and oxygen atoms in total. The third-order valence-corrected chi connectivity index (χ3v) is 3.76. The topological polar surface area (TPSA) is 58.0 Å². The zero-order valence-electron chi connectivity index (χ0n) is 13.9. The van der Waals surface area contributed by atoms with Crippen LogP contribution in [0.4, 0.5) is 11.6 Å². The largest absolute Gasteiger partial charge is 0.355 e. The molecule has 0 saturated heterocycles. The molecule has 0 aliphatic rings. The lowest BCUT2D eigenvalue weighted by Gasteiger charge is -2.22. The maximum atomic E-state index is 4.39. The number of aromatic nitrogens is 4. The Labute approximate surface area is 141 Å². The molecule has 0 aliphatic carbocycles. The molecular formula is C18H20N6. The number of hydrogen-bond donors (Lipinski definition) is 0. The van der Waals surface area contributed by atoms with E-state index in [0.29, 0.717) is 0 Å². The van der Waals surface area contributed by atoms with Gasteiger partial charge in [-0.2, -0.15) is 0 Å². The zero-order chi connectivity index (χ0) is 16.8. The normalized spacial score (nSPS) is 10.4. The highest BCUT2D eigenvalue weighted by Crippen LogP contribution is 2.18. The molecular weight excluding hydrogens is 300 g/mol. The smallest absolute Gasteiger partial charge is 0.134 e. The van der Waals surface area contributed by atoms with Crippen molar-refractivity contribution < 1.29 is 0 Å². The molecule has 0 atom stereocenters. The van der Waals surface area contributed by atoms with Crippen LogP contribution in [-0.4, -0.2) is 34.0 Å². The van der Waals surface area contributed by atoms with Gasteiger partial charge in [-0.05, 0) is 35.4 Å². The molecule has 0 amide bonds. The van der Waals surface area contributed by atoms with Crippen LogP contribution in [0, 0.1) is 0 Å². The van der Waals surface area contributed by atoms with Crippen LogP contribution in [0.15, 0.2) is 61.4 Å². The summed E-state index contributed by atoms with van der Waals surface area (Å²) in [5.41, 5.74) is 2.38. The van der Waals surface area contributed by atoms with E-state index < -0.39 is 0 Å². The van der Waals surface area contributed by atoms with Crippen LogP contribution in [0.25, 0.3) is 0 Å². The van der Waals surface area contributed by atoms with Crippen molar-refractivity contribution in [3.05, 3.63) is 72.6 Å². The number of hydrogen-bond acceptors (Lipinski definition) is 6. The van der Waals surface area contributed by atoms with Gasteiger partial charge in [-0.25, -0.2) is 9.97 Å². The van der Waals surface area contributed by atoms with E-state index in [0.717, 1.165) is 24.7 Å². The molecule has 0 aliphatic heterocycles. The van der Waals surface area contributed by atoms with Gasteiger partial charge in [0, 0.05) is 58.0 Å². The Morgan fingerprint density at radius 2 is 1.12 bits per heavy atom. The lowest BCUT2D eigenvalue weighted by molar-refractivity contribution is 0.862. The summed E-state index contributed by atoms with van der Waals surface area (Å²) in [6, 6.07) is 10.0. The third kappa shape index (κ3) is 4.04. The van der Waals surface area contributed by atoms with E-state index >= 15 is 0 Å². The first-order chi connectivity index (χ1) is 11.7. The van der Waals surface area contributed by atoms with E-state index in [1.165, 1.54) is 11.1 Å². The second kappa shape index (κ2) is 7.50. The maximum absolute atomic E-state index is 4.39. The zero-order valence-corrected chi connectivity index (χ0v) is 13.9. The van der Waals surface area contributed by atoms with Gasteiger partial charge in [0.1, 0.15) is 18.0 Å². The summed E-state index contributed by atoms with van der Waals surface area (Å²) < 4.78 is 0. The average Bonchev–Trinajstić information content (AvgIpc) is 2.63. The van der Waals surface area contributed by atoms with Crippen molar-refractivity contribution in [2.75, 3.05) is 23.9 Å². The van der Waals surface area contributed by atoms with Crippen molar-refractivity contribution in [1.29, 1.82) is 0 Å². The molecule has 0 unspecified atom stereocenters. The lowest BCUT2D eigenvalue weighted by Crippen LogP contribution is -2.21. The van der Waals surface area contributed by atoms with Gasteiger partial charge in [-0.1, -0.05) is 0 Å². The number of pyridine rings is 2. The monoisotopic (exact) mass is 320 g/mol. The van der Waals surface area contributed by atoms with Gasteiger partial charge in [-0.15, -0.1) is 0 Å². The first-order valence-electron chi connectivity index (χ1n) is 7.74. The van der Waals surface area contributed by atoms with E-state index in [1.807, 2.05) is 44.4 Å². The van der Waals surface area contributed by atoms with Crippen LogP contribution in [0.3, 0.4) is 0 Å². The quantitative estimate of drug-likeness (QED) is 0.696. The standard InChI is InChI=1S/C18H20N6/c1-23(12-15-3-7-19-8-4-15)17-11-18(22-14-21-17)24(2)13-16-5-9-20-10-6-16/h3-11,14H,12-13H2,1-2H3. The van der Waals surface area contributed by atoms with Crippen molar-refractivity contribution in [3.63, 3.8) is 0 Å². The molecule has 0 aromatic carbocycles. The fourth-order valence-electron chi connectivity index (χ4n) is 2.44. The second-order valence-electron chi connectivity index (χ2n) is 5.66. The van der Waals surface area contributed by atoms with Crippen LogP contribution in [0.1, 0.15) is 11.1 Å². The average molecular weight is 320 g/mol. The third-order valence-electron chi connectivity index (χ3n) is 3.76. The Balaban J connectivity index is 1.71. The summed E-state index contributed by atoms with van der Waals surface area (Å²) in [5.74, 6) is 1.77. The summed E-state index contributed by atoms with van der Waals surface area (Å²) in [6.07, 6.45) is 8.82. The Hall–Kier alpha value is -3.02. The van der Waals surface area contributed by atoms with Crippen LogP contribution in [0.2, 0.25) is 0 Å². The number of nitrogens with zero attached hydrogens (tertiary/aromatic N) is 6. The highest BCUT2D eigenvalue weighted by Gasteiger charge is 2.09. The first kappa shape index (κ1) is 15.9. The minimum absolute atomic E-state index is 0.771. The molecule has 0 N–H and O–H groups in total. The molecule has 3 rings (SSSR count). The molecule has 6 heteroatoms. The molecule has 0 fully saturated rings. The SMILES string of the molecule is CN(Cc1ccncc1)c1cc(N(C)Cc2ccncc2)ncn1. The van der Waals surface area contributed by atoms with Crippen LogP contribution >= 0.6 is 0 Å². The molecule has 122 valence electrons. The maximum Gasteiger partial charge on any atom is 0.134 e. The lowest BCUT2D eigenvalue weighted by atomic mass is 10.2. The minimum atomic E-state index is 0.771. The fourth-order valence-corrected chi connectivity index (χ4v) is 2.44. The van der Waals surface area contributed by atoms with Gasteiger partial charge in [0.15, 0.2) is 0 Å². The molecule has 3 heterocycles. The van der Waals surface area contributed by atoms with Gasteiger partial charge < -0.3 is 9.80 Å². The van der Waals surface area contributed by atoms with E-state index in [9.17, 15) is 0 Å². The van der Waals surface area contributed by atoms with Gasteiger partial charge in [0.05, 0.1) is 0 Å². The molecule has 0 spiro atoms. The summed E-state index contributed by atoms with van der Waals surface area (Å²) in [6.45, 7) is 1.54. The van der Waals surface area contributed by atoms with Crippen molar-refractivity contribution >= 4 is 11.6 Å². The number of anilines is 2. The first-order valence-corrected chi connectivity index (χ1v) is 7.74. The predicted molar refractivity (Wildman–Crippen MR) is 94.7 cm³/mol. The van der Waals surface area contributed by atoms with E-state index in [-0.39, 0.29) is 0 Å². The highest BCUT2D eigenvalue weighted by atomic mass is 15.2. The van der Waals surface area contributed by atoms with Gasteiger partial charge >= 0.3 is 0 Å². The van der Waals surface area contributed by atoms with Crippen LogP contribution < -0.4 is 9.80 Å². The van der Waals surface area contributed by atoms with Gasteiger partial charge in [-0.3, -0.25) is 9.97 Å². The minimum Gasteiger partial charge on any atom is -0.355 e. The Kier molecular flexibility index (Phi) is 4.96. The molecule has 3 aromatic rings. The highest BCUT2D eigenvalue weighted by molar-refractivity contribution is 5.49. The van der Waals surface area contributed by atoms with E-state index in [2.05, 4.69) is 29.7 Å². The van der Waals surface area contributed by atoms with Crippen LogP contribution in [0.5, 0.6) is 0 Å². The van der Waals surface area contributed by atoms with E-state index in [1.54, 1.807) is 31.1 Å². The Morgan fingerprint density at radius 1 is 0.708 bits per heavy atom. The summed E-state index contributed by atoms with van der Waals surface area (Å²) in [4.78, 5) is 21.1. The van der Waals surface area contributed by atoms with Crippen LogP contribution in [-0.2, 0) is 13.1 Å². The predicted octanol–water partition coefficient (Wildman–Crippen LogP) is 2.54. The molecule has 24 heavy (non-hydrogen) atoms. The van der Waals surface area contributed by atoms with Crippen molar-refractivity contribution in [1.82, 2.24) is 19.9 Å². The summed E-state index contributed by atoms with van der Waals surface area (Å²) in [5, 5.41) is 0. The van der Waals surface area contributed by atoms with Crippen molar-refractivity contribution in [2.45, 2.75) is 13.1 Å². The molecule has 0 bridgehead atoms. The van der Waals surface area contributed by atoms with Gasteiger partial charge in [0.2, 0.25) is 0 Å². The summed E-state index contributed by atoms with van der Waals surface area (Å²) in [7, 11) is 4.05. The fraction of sp³-hybridized carbons (Fsp3) is 0.222. The van der Waals surface area contributed by atoms with Gasteiger partial charge in [0.25, 0.3) is 0 Å². The second-order valence-corrected chi connectivity index (χ2v) is 5.66. The molecule has 0 radical (unpaired) electrons. The molecule has 3 aromatic heterocycles. The number of rotatable bonds is 6.